The second kappa shape index (κ2) is 10.8. The fraction of sp³-hybridized carbons (Fsp3) is 0.652. The van der Waals surface area contributed by atoms with E-state index in [0.717, 1.165) is 25.0 Å². The molecule has 9 heteroatoms. The molecule has 0 aromatic heterocycles. The molecule has 2 fully saturated rings. The standard InChI is InChI=1S/C23H35N3O5S/c1-16(2)21(23(28)24-15-19-5-4-14-31-19)25-22(27)18-10-12-26(13-11-18)32(29,30)20-8-6-17(3)7-9-20/h6-9,16,18-19,21H,4-5,10-15H2,1-3H3,(H,24,28)(H,25,27)/t19-,21+/m1/s1. The van der Waals surface area contributed by atoms with Crippen molar-refractivity contribution in [2.75, 3.05) is 26.2 Å². The number of rotatable bonds is 8. The van der Waals surface area contributed by atoms with E-state index < -0.39 is 16.1 Å². The molecule has 0 radical (unpaired) electrons. The Kier molecular flexibility index (Phi) is 8.30. The lowest BCUT2D eigenvalue weighted by Crippen LogP contribution is -2.53. The minimum absolute atomic E-state index is 0.0438. The number of aryl methyl sites for hydroxylation is 1. The average Bonchev–Trinajstić information content (AvgIpc) is 3.29. The van der Waals surface area contributed by atoms with Gasteiger partial charge in [0.15, 0.2) is 0 Å². The molecule has 178 valence electrons. The van der Waals surface area contributed by atoms with Crippen molar-refractivity contribution in [1.82, 2.24) is 14.9 Å². The highest BCUT2D eigenvalue weighted by Crippen LogP contribution is 2.24. The average molecular weight is 466 g/mol. The number of ether oxygens (including phenoxy) is 1. The molecule has 2 heterocycles. The van der Waals surface area contributed by atoms with Gasteiger partial charge in [-0.05, 0) is 50.7 Å². The van der Waals surface area contributed by atoms with Crippen LogP contribution in [0.4, 0.5) is 0 Å². The van der Waals surface area contributed by atoms with Gasteiger partial charge >= 0.3 is 0 Å². The first-order valence-electron chi connectivity index (χ1n) is 11.4. The molecule has 2 atom stereocenters. The maximum atomic E-state index is 12.9. The van der Waals surface area contributed by atoms with Crippen molar-refractivity contribution in [2.24, 2.45) is 11.8 Å². The molecule has 2 N–H and O–H groups in total. The SMILES string of the molecule is Cc1ccc(S(=O)(=O)N2CCC(C(=O)N[C@H](C(=O)NC[C@H]3CCCO3)C(C)C)CC2)cc1. The molecule has 0 spiro atoms. The van der Waals surface area contributed by atoms with E-state index in [0.29, 0.717) is 19.4 Å². The number of benzene rings is 1. The maximum Gasteiger partial charge on any atom is 0.243 e. The summed E-state index contributed by atoms with van der Waals surface area (Å²) in [5.41, 5.74) is 0.999. The van der Waals surface area contributed by atoms with Gasteiger partial charge in [-0.15, -0.1) is 0 Å². The Balaban J connectivity index is 1.53. The third-order valence-corrected chi connectivity index (χ3v) is 8.17. The Bertz CT molecular complexity index is 887. The molecule has 1 aromatic carbocycles. The van der Waals surface area contributed by atoms with Gasteiger partial charge in [0.2, 0.25) is 21.8 Å². The summed E-state index contributed by atoms with van der Waals surface area (Å²) in [6, 6.07) is 6.17. The molecular formula is C23H35N3O5S. The second-order valence-electron chi connectivity index (χ2n) is 9.10. The molecule has 2 aliphatic heterocycles. The lowest BCUT2D eigenvalue weighted by atomic mass is 9.95. The van der Waals surface area contributed by atoms with Crippen LogP contribution in [-0.2, 0) is 24.3 Å². The van der Waals surface area contributed by atoms with E-state index in [9.17, 15) is 18.0 Å². The molecule has 0 saturated carbocycles. The van der Waals surface area contributed by atoms with Crippen molar-refractivity contribution in [3.63, 3.8) is 0 Å². The highest BCUT2D eigenvalue weighted by Gasteiger charge is 2.34. The number of hydrogen-bond acceptors (Lipinski definition) is 5. The van der Waals surface area contributed by atoms with E-state index >= 15 is 0 Å². The van der Waals surface area contributed by atoms with E-state index in [4.69, 9.17) is 4.74 Å². The summed E-state index contributed by atoms with van der Waals surface area (Å²) in [5, 5.41) is 5.79. The van der Waals surface area contributed by atoms with Gasteiger partial charge in [-0.3, -0.25) is 9.59 Å². The number of sulfonamides is 1. The molecule has 3 rings (SSSR count). The Morgan fingerprint density at radius 3 is 2.34 bits per heavy atom. The van der Waals surface area contributed by atoms with Crippen molar-refractivity contribution >= 4 is 21.8 Å². The third-order valence-electron chi connectivity index (χ3n) is 6.26. The van der Waals surface area contributed by atoms with Crippen LogP contribution in [0.25, 0.3) is 0 Å². The van der Waals surface area contributed by atoms with Gasteiger partial charge in [0.05, 0.1) is 11.0 Å². The van der Waals surface area contributed by atoms with Crippen molar-refractivity contribution in [3.05, 3.63) is 29.8 Å². The van der Waals surface area contributed by atoms with Crippen molar-refractivity contribution in [2.45, 2.75) is 63.5 Å². The van der Waals surface area contributed by atoms with Gasteiger partial charge in [-0.1, -0.05) is 31.5 Å². The van der Waals surface area contributed by atoms with Crippen LogP contribution in [0, 0.1) is 18.8 Å². The summed E-state index contributed by atoms with van der Waals surface area (Å²) >= 11 is 0. The maximum absolute atomic E-state index is 12.9. The minimum Gasteiger partial charge on any atom is -0.376 e. The van der Waals surface area contributed by atoms with Gasteiger partial charge in [0.25, 0.3) is 0 Å². The van der Waals surface area contributed by atoms with Crippen molar-refractivity contribution in [1.29, 1.82) is 0 Å². The second-order valence-corrected chi connectivity index (χ2v) is 11.0. The van der Waals surface area contributed by atoms with Gasteiger partial charge < -0.3 is 15.4 Å². The number of piperidine rings is 1. The zero-order chi connectivity index (χ0) is 23.3. The number of carbonyl (C=O) groups is 2. The summed E-state index contributed by atoms with van der Waals surface area (Å²) in [4.78, 5) is 25.8. The number of amides is 2. The fourth-order valence-corrected chi connectivity index (χ4v) is 5.62. The Labute approximate surface area is 191 Å². The van der Waals surface area contributed by atoms with Crippen LogP contribution in [0.3, 0.4) is 0 Å². The minimum atomic E-state index is -3.57. The van der Waals surface area contributed by atoms with E-state index in [1.165, 1.54) is 4.31 Å². The Morgan fingerprint density at radius 2 is 1.78 bits per heavy atom. The zero-order valence-corrected chi connectivity index (χ0v) is 20.0. The third kappa shape index (κ3) is 6.08. The zero-order valence-electron chi connectivity index (χ0n) is 19.2. The fourth-order valence-electron chi connectivity index (χ4n) is 4.15. The van der Waals surface area contributed by atoms with Crippen LogP contribution in [0.5, 0.6) is 0 Å². The summed E-state index contributed by atoms with van der Waals surface area (Å²) < 4.78 is 32.7. The van der Waals surface area contributed by atoms with E-state index in [-0.39, 0.29) is 47.7 Å². The molecule has 32 heavy (non-hydrogen) atoms. The van der Waals surface area contributed by atoms with Gasteiger partial charge in [-0.25, -0.2) is 8.42 Å². The number of carbonyl (C=O) groups excluding carboxylic acids is 2. The highest BCUT2D eigenvalue weighted by molar-refractivity contribution is 7.89. The molecule has 2 amide bonds. The van der Waals surface area contributed by atoms with Crippen LogP contribution < -0.4 is 10.6 Å². The van der Waals surface area contributed by atoms with E-state index in [2.05, 4.69) is 10.6 Å². The quantitative estimate of drug-likeness (QED) is 0.610. The monoisotopic (exact) mass is 465 g/mol. The molecule has 2 saturated heterocycles. The normalized spacial score (nSPS) is 21.4. The molecule has 0 bridgehead atoms. The first kappa shape index (κ1) is 24.7. The number of hydrogen-bond donors (Lipinski definition) is 2. The van der Waals surface area contributed by atoms with Crippen molar-refractivity contribution in [3.8, 4) is 0 Å². The summed E-state index contributed by atoms with van der Waals surface area (Å²) in [6.07, 6.45) is 2.84. The molecule has 1 aromatic rings. The van der Waals surface area contributed by atoms with E-state index in [1.54, 1.807) is 24.3 Å². The molecular weight excluding hydrogens is 430 g/mol. The lowest BCUT2D eigenvalue weighted by molar-refractivity contribution is -0.133. The number of nitrogens with one attached hydrogen (secondary N) is 2. The van der Waals surface area contributed by atoms with Crippen LogP contribution in [-0.4, -0.2) is 62.9 Å². The smallest absolute Gasteiger partial charge is 0.243 e. The van der Waals surface area contributed by atoms with Crippen LogP contribution in [0.15, 0.2) is 29.2 Å². The summed E-state index contributed by atoms with van der Waals surface area (Å²) in [6.45, 7) is 7.45. The summed E-state index contributed by atoms with van der Waals surface area (Å²) in [5.74, 6) is -0.774. The first-order valence-corrected chi connectivity index (χ1v) is 12.9. The van der Waals surface area contributed by atoms with Crippen LogP contribution in [0.1, 0.15) is 45.1 Å². The predicted octanol–water partition coefficient (Wildman–Crippen LogP) is 1.83. The molecule has 0 unspecified atom stereocenters. The Morgan fingerprint density at radius 1 is 1.12 bits per heavy atom. The van der Waals surface area contributed by atoms with Crippen LogP contribution >= 0.6 is 0 Å². The summed E-state index contributed by atoms with van der Waals surface area (Å²) in [7, 11) is -3.57. The number of nitrogens with zero attached hydrogens (tertiary/aromatic N) is 1. The molecule has 2 aliphatic rings. The van der Waals surface area contributed by atoms with Crippen LogP contribution in [0.2, 0.25) is 0 Å². The largest absolute Gasteiger partial charge is 0.376 e. The predicted molar refractivity (Wildman–Crippen MR) is 121 cm³/mol. The van der Waals surface area contributed by atoms with Crippen molar-refractivity contribution < 1.29 is 22.7 Å². The highest BCUT2D eigenvalue weighted by atomic mass is 32.2. The lowest BCUT2D eigenvalue weighted by Gasteiger charge is -2.32. The molecule has 8 nitrogen and oxygen atoms in total. The van der Waals surface area contributed by atoms with Gasteiger partial charge in [-0.2, -0.15) is 4.31 Å². The van der Waals surface area contributed by atoms with Gasteiger partial charge in [0, 0.05) is 32.2 Å². The first-order chi connectivity index (χ1) is 15.2. The topological polar surface area (TPSA) is 105 Å². The molecule has 0 aliphatic carbocycles. The van der Waals surface area contributed by atoms with E-state index in [1.807, 2.05) is 20.8 Å². The Hall–Kier alpha value is -1.97. The van der Waals surface area contributed by atoms with Gasteiger partial charge in [0.1, 0.15) is 6.04 Å².